The number of aliphatic imine (C=N–C) groups is 2. The number of rotatable bonds is 4. The van der Waals surface area contributed by atoms with Gasteiger partial charge in [0.25, 0.3) is 0 Å². The highest BCUT2D eigenvalue weighted by atomic mass is 19.4. The van der Waals surface area contributed by atoms with Crippen molar-refractivity contribution in [2.75, 3.05) is 17.3 Å². The summed E-state index contributed by atoms with van der Waals surface area (Å²) in [4.78, 5) is 11.9. The standard InChI is InChI=1S/C33H25F3N6O2/c1-19-28-29(20-15-16-26(43)27(17-20)44-2)41-25-14-7-6-13-24(25)38-30(37-22-10-8-9-21(18-22)33(34,35)36)32(41)39-31(28)42(40-19)23-11-4-3-5-12-23/h3-18,29,43H,1-2H3,(H,37,38)/t29-/m1/s1. The molecule has 1 aromatic heterocycles. The SMILES string of the molecule is COc1cc([C@@H]2c3c(C)nn(-c4ccccc4)c3N=C3C(Nc4cccc(C(F)(F)F)c4)=Nc4ccccc4N32)ccc1O. The lowest BCUT2D eigenvalue weighted by molar-refractivity contribution is -0.137. The van der Waals surface area contributed by atoms with Crippen LogP contribution in [-0.2, 0) is 6.18 Å². The average molecular weight is 595 g/mol. The van der Waals surface area contributed by atoms with E-state index in [1.807, 2.05) is 72.5 Å². The number of nitrogens with zero attached hydrogens (tertiary/aromatic N) is 5. The first-order chi connectivity index (χ1) is 21.2. The van der Waals surface area contributed by atoms with Gasteiger partial charge in [0, 0.05) is 11.3 Å². The lowest BCUT2D eigenvalue weighted by atomic mass is 9.93. The van der Waals surface area contributed by atoms with Crippen LogP contribution >= 0.6 is 0 Å². The summed E-state index contributed by atoms with van der Waals surface area (Å²) in [6.45, 7) is 1.91. The van der Waals surface area contributed by atoms with Gasteiger partial charge in [0.2, 0.25) is 0 Å². The number of nitrogens with one attached hydrogen (secondary N) is 1. The van der Waals surface area contributed by atoms with Gasteiger partial charge in [-0.3, -0.25) is 0 Å². The highest BCUT2D eigenvalue weighted by Crippen LogP contribution is 2.49. The van der Waals surface area contributed by atoms with E-state index in [0.29, 0.717) is 23.1 Å². The Hall–Kier alpha value is -5.58. The van der Waals surface area contributed by atoms with Crippen molar-refractivity contribution in [3.8, 4) is 17.2 Å². The van der Waals surface area contributed by atoms with Crippen molar-refractivity contribution < 1.29 is 23.0 Å². The molecular formula is C33H25F3N6O2. The Bertz CT molecular complexity index is 1970. The molecule has 11 heteroatoms. The van der Waals surface area contributed by atoms with Crippen molar-refractivity contribution in [2.45, 2.75) is 19.1 Å². The molecule has 2 aliphatic rings. The first-order valence-electron chi connectivity index (χ1n) is 13.7. The quantitative estimate of drug-likeness (QED) is 0.223. The lowest BCUT2D eigenvalue weighted by Gasteiger charge is -2.40. The van der Waals surface area contributed by atoms with Crippen LogP contribution in [0.3, 0.4) is 0 Å². The maximum atomic E-state index is 13.6. The molecule has 2 aliphatic heterocycles. The largest absolute Gasteiger partial charge is 0.504 e. The minimum absolute atomic E-state index is 0.00890. The highest BCUT2D eigenvalue weighted by Gasteiger charge is 2.42. The summed E-state index contributed by atoms with van der Waals surface area (Å²) in [5.74, 6) is 1.49. The zero-order chi connectivity index (χ0) is 30.6. The average Bonchev–Trinajstić information content (AvgIpc) is 3.36. The van der Waals surface area contributed by atoms with Crippen molar-refractivity contribution in [2.24, 2.45) is 9.98 Å². The lowest BCUT2D eigenvalue weighted by Crippen LogP contribution is -2.46. The van der Waals surface area contributed by atoms with Gasteiger partial charge in [-0.05, 0) is 67.1 Å². The van der Waals surface area contributed by atoms with Gasteiger partial charge < -0.3 is 20.1 Å². The van der Waals surface area contributed by atoms with E-state index < -0.39 is 17.8 Å². The Morgan fingerprint density at radius 3 is 2.43 bits per heavy atom. The van der Waals surface area contributed by atoms with Crippen LogP contribution < -0.4 is 15.0 Å². The van der Waals surface area contributed by atoms with E-state index >= 15 is 0 Å². The molecule has 5 aromatic rings. The molecule has 1 atom stereocenters. The second kappa shape index (κ2) is 10.3. The molecule has 0 radical (unpaired) electrons. The van der Waals surface area contributed by atoms with Crippen LogP contribution in [-0.4, -0.2) is 33.7 Å². The van der Waals surface area contributed by atoms with Crippen LogP contribution in [0.5, 0.6) is 11.5 Å². The van der Waals surface area contributed by atoms with Crippen LogP contribution in [0.2, 0.25) is 0 Å². The van der Waals surface area contributed by atoms with Gasteiger partial charge in [-0.2, -0.15) is 18.3 Å². The van der Waals surface area contributed by atoms with Crippen molar-refractivity contribution in [1.82, 2.24) is 9.78 Å². The molecule has 0 spiro atoms. The molecule has 2 N–H and O–H groups in total. The van der Waals surface area contributed by atoms with Crippen molar-refractivity contribution in [1.29, 1.82) is 0 Å². The second-order valence-electron chi connectivity index (χ2n) is 10.4. The molecule has 220 valence electrons. The number of methoxy groups -OCH3 is 1. The number of halogens is 3. The number of phenols is 1. The predicted molar refractivity (Wildman–Crippen MR) is 163 cm³/mol. The molecule has 0 aliphatic carbocycles. The third-order valence-corrected chi connectivity index (χ3v) is 7.61. The Kier molecular flexibility index (Phi) is 6.38. The van der Waals surface area contributed by atoms with E-state index in [-0.39, 0.29) is 17.3 Å². The van der Waals surface area contributed by atoms with Crippen LogP contribution in [0.1, 0.15) is 28.4 Å². The zero-order valence-electron chi connectivity index (χ0n) is 23.5. The summed E-state index contributed by atoms with van der Waals surface area (Å²) in [7, 11) is 1.48. The van der Waals surface area contributed by atoms with Crippen molar-refractivity contribution in [3.63, 3.8) is 0 Å². The van der Waals surface area contributed by atoms with Gasteiger partial charge in [0.1, 0.15) is 0 Å². The number of aromatic nitrogens is 2. The van der Waals surface area contributed by atoms with Gasteiger partial charge in [-0.15, -0.1) is 0 Å². The van der Waals surface area contributed by atoms with Gasteiger partial charge >= 0.3 is 6.18 Å². The molecule has 0 unspecified atom stereocenters. The number of ether oxygens (including phenoxy) is 1. The fraction of sp³-hybridized carbons (Fsp3) is 0.121. The van der Waals surface area contributed by atoms with E-state index in [1.165, 1.54) is 13.2 Å². The Morgan fingerprint density at radius 2 is 1.66 bits per heavy atom. The first-order valence-corrected chi connectivity index (χ1v) is 13.7. The normalized spacial score (nSPS) is 15.5. The highest BCUT2D eigenvalue weighted by molar-refractivity contribution is 6.51. The maximum Gasteiger partial charge on any atom is 0.416 e. The maximum absolute atomic E-state index is 13.6. The molecule has 0 bridgehead atoms. The number of para-hydroxylation sites is 3. The fourth-order valence-electron chi connectivity index (χ4n) is 5.64. The minimum Gasteiger partial charge on any atom is -0.504 e. The molecule has 3 heterocycles. The summed E-state index contributed by atoms with van der Waals surface area (Å²) in [5, 5.41) is 18.4. The molecule has 8 nitrogen and oxygen atoms in total. The second-order valence-corrected chi connectivity index (χ2v) is 10.4. The summed E-state index contributed by atoms with van der Waals surface area (Å²) < 4.78 is 48.0. The summed E-state index contributed by atoms with van der Waals surface area (Å²) in [5.41, 5.74) is 3.90. The number of aromatic hydroxyl groups is 1. The Labute approximate surface area is 250 Å². The van der Waals surface area contributed by atoms with Gasteiger partial charge in [-0.1, -0.05) is 42.5 Å². The van der Waals surface area contributed by atoms with E-state index in [1.54, 1.807) is 22.9 Å². The Balaban J connectivity index is 1.48. The van der Waals surface area contributed by atoms with Crippen molar-refractivity contribution >= 4 is 34.6 Å². The molecule has 0 amide bonds. The van der Waals surface area contributed by atoms with Gasteiger partial charge in [-0.25, -0.2) is 14.7 Å². The molecule has 4 aromatic carbocycles. The van der Waals surface area contributed by atoms with E-state index in [9.17, 15) is 18.3 Å². The number of fused-ring (bicyclic) bond motifs is 4. The van der Waals surface area contributed by atoms with E-state index in [0.717, 1.165) is 40.3 Å². The minimum atomic E-state index is -4.51. The fourth-order valence-corrected chi connectivity index (χ4v) is 5.64. The number of hydrogen-bond donors (Lipinski definition) is 2. The van der Waals surface area contributed by atoms with Crippen LogP contribution in [0, 0.1) is 6.92 Å². The van der Waals surface area contributed by atoms with E-state index in [2.05, 4.69) is 5.32 Å². The third kappa shape index (κ3) is 4.53. The number of phenolic OH excluding ortho intramolecular Hbond substituents is 1. The predicted octanol–water partition coefficient (Wildman–Crippen LogP) is 7.71. The number of hydrogen-bond acceptors (Lipinski definition) is 7. The number of anilines is 2. The molecule has 0 fully saturated rings. The molecule has 0 saturated carbocycles. The summed E-state index contributed by atoms with van der Waals surface area (Å²) >= 11 is 0. The third-order valence-electron chi connectivity index (χ3n) is 7.61. The number of aryl methyl sites for hydroxylation is 1. The summed E-state index contributed by atoms with van der Waals surface area (Å²) in [6, 6.07) is 26.7. The van der Waals surface area contributed by atoms with Gasteiger partial charge in [0.15, 0.2) is 29.0 Å². The first kappa shape index (κ1) is 27.3. The summed E-state index contributed by atoms with van der Waals surface area (Å²) in [6.07, 6.45) is -4.51. The van der Waals surface area contributed by atoms with Gasteiger partial charge in [0.05, 0.1) is 41.5 Å². The molecule has 7 rings (SSSR count). The van der Waals surface area contributed by atoms with E-state index in [4.69, 9.17) is 19.8 Å². The smallest absolute Gasteiger partial charge is 0.416 e. The Morgan fingerprint density at radius 1 is 0.886 bits per heavy atom. The topological polar surface area (TPSA) is 87.3 Å². The van der Waals surface area contributed by atoms with Crippen molar-refractivity contribution in [3.05, 3.63) is 119 Å². The number of amidine groups is 2. The molecule has 0 saturated heterocycles. The molecular weight excluding hydrogens is 569 g/mol. The zero-order valence-corrected chi connectivity index (χ0v) is 23.5. The van der Waals surface area contributed by atoms with Crippen LogP contribution in [0.4, 0.5) is 36.1 Å². The van der Waals surface area contributed by atoms with Crippen LogP contribution in [0.25, 0.3) is 5.69 Å². The van der Waals surface area contributed by atoms with Crippen LogP contribution in [0.15, 0.2) is 107 Å². The number of benzene rings is 4. The molecule has 44 heavy (non-hydrogen) atoms. The monoisotopic (exact) mass is 594 g/mol. The number of alkyl halides is 3.